The minimum atomic E-state index is -0.596. The molecule has 1 aliphatic rings. The maximum absolute atomic E-state index is 10.0. The van der Waals surface area contributed by atoms with Crippen LogP contribution in [0.3, 0.4) is 0 Å². The van der Waals surface area contributed by atoms with E-state index in [4.69, 9.17) is 19.3 Å². The Hall–Kier alpha value is -1.46. The second kappa shape index (κ2) is 4.66. The number of rotatable bonds is 4. The van der Waals surface area contributed by atoms with Crippen LogP contribution in [0.5, 0.6) is 17.2 Å². The van der Waals surface area contributed by atoms with E-state index in [0.29, 0.717) is 17.1 Å². The van der Waals surface area contributed by atoms with Gasteiger partial charge in [0.25, 0.3) is 0 Å². The number of ether oxygens (including phenoxy) is 3. The topological polar surface area (TPSA) is 68.2 Å². The highest BCUT2D eigenvalue weighted by Gasteiger charge is 2.44. The van der Waals surface area contributed by atoms with Crippen molar-refractivity contribution in [3.8, 4) is 17.2 Å². The number of hydrogen-bond donors (Lipinski definition) is 2. The molecule has 0 bridgehead atoms. The van der Waals surface area contributed by atoms with Gasteiger partial charge < -0.3 is 24.4 Å². The first kappa shape index (κ1) is 13.0. The molecule has 5 heteroatoms. The quantitative estimate of drug-likeness (QED) is 0.854. The van der Waals surface area contributed by atoms with Gasteiger partial charge in [-0.1, -0.05) is 0 Å². The van der Waals surface area contributed by atoms with Crippen LogP contribution in [0.4, 0.5) is 0 Å². The third kappa shape index (κ3) is 2.11. The molecule has 1 atom stereocenters. The molecule has 0 saturated carbocycles. The number of phenols is 1. The van der Waals surface area contributed by atoms with Crippen LogP contribution in [0.25, 0.3) is 0 Å². The van der Waals surface area contributed by atoms with Gasteiger partial charge in [-0.15, -0.1) is 0 Å². The van der Waals surface area contributed by atoms with Crippen molar-refractivity contribution in [2.45, 2.75) is 25.6 Å². The molecule has 100 valence electrons. The van der Waals surface area contributed by atoms with E-state index in [-0.39, 0.29) is 19.0 Å². The van der Waals surface area contributed by atoms with Crippen molar-refractivity contribution < 1.29 is 24.4 Å². The number of aromatic hydroxyl groups is 1. The minimum absolute atomic E-state index is 0.0706. The minimum Gasteiger partial charge on any atom is -0.507 e. The van der Waals surface area contributed by atoms with Crippen molar-refractivity contribution in [2.24, 2.45) is 0 Å². The largest absolute Gasteiger partial charge is 0.507 e. The van der Waals surface area contributed by atoms with Gasteiger partial charge in [-0.25, -0.2) is 0 Å². The molecule has 0 amide bonds. The number of fused-ring (bicyclic) bond motifs is 1. The van der Waals surface area contributed by atoms with Crippen molar-refractivity contribution in [3.05, 3.63) is 17.7 Å². The van der Waals surface area contributed by atoms with Crippen LogP contribution in [0.2, 0.25) is 0 Å². The standard InChI is InChI=1S/C13H18O5/c1-13(2)12(17-5-4-14)11-9(15)6-8(16-3)7-10(11)18-13/h6-7,12,14-15H,4-5H2,1-3H3. The summed E-state index contributed by atoms with van der Waals surface area (Å²) in [5.74, 6) is 1.17. The molecule has 0 fully saturated rings. The maximum atomic E-state index is 10.0. The third-order valence-corrected chi connectivity index (χ3v) is 2.97. The molecule has 1 aromatic carbocycles. The highest BCUT2D eigenvalue weighted by atomic mass is 16.6. The zero-order chi connectivity index (χ0) is 13.3. The Balaban J connectivity index is 2.40. The Labute approximate surface area is 106 Å². The fourth-order valence-electron chi connectivity index (χ4n) is 2.19. The van der Waals surface area contributed by atoms with Gasteiger partial charge in [-0.05, 0) is 13.8 Å². The lowest BCUT2D eigenvalue weighted by Crippen LogP contribution is -2.32. The molecule has 2 rings (SSSR count). The Bertz CT molecular complexity index is 441. The highest BCUT2D eigenvalue weighted by molar-refractivity contribution is 5.54. The average molecular weight is 254 g/mol. The number of benzene rings is 1. The summed E-state index contributed by atoms with van der Waals surface area (Å²) in [7, 11) is 1.53. The third-order valence-electron chi connectivity index (χ3n) is 2.97. The van der Waals surface area contributed by atoms with Crippen LogP contribution in [-0.2, 0) is 4.74 Å². The van der Waals surface area contributed by atoms with Crippen molar-refractivity contribution in [1.29, 1.82) is 0 Å². The second-order valence-corrected chi connectivity index (χ2v) is 4.74. The summed E-state index contributed by atoms with van der Waals surface area (Å²) in [5, 5.41) is 18.9. The number of methoxy groups -OCH3 is 1. The molecule has 1 heterocycles. The number of aliphatic hydroxyl groups excluding tert-OH is 1. The van der Waals surface area contributed by atoms with Gasteiger partial charge in [0.2, 0.25) is 0 Å². The fraction of sp³-hybridized carbons (Fsp3) is 0.538. The number of aliphatic hydroxyl groups is 1. The van der Waals surface area contributed by atoms with Crippen molar-refractivity contribution in [1.82, 2.24) is 0 Å². The predicted octanol–water partition coefficient (Wildman–Crippen LogP) is 1.62. The van der Waals surface area contributed by atoms with Crippen molar-refractivity contribution >= 4 is 0 Å². The summed E-state index contributed by atoms with van der Waals surface area (Å²) >= 11 is 0. The molecule has 0 aromatic heterocycles. The molecular formula is C13H18O5. The number of hydrogen-bond acceptors (Lipinski definition) is 5. The van der Waals surface area contributed by atoms with E-state index in [0.717, 1.165) is 0 Å². The average Bonchev–Trinajstić information content (AvgIpc) is 2.56. The monoisotopic (exact) mass is 254 g/mol. The highest BCUT2D eigenvalue weighted by Crippen LogP contribution is 2.50. The van der Waals surface area contributed by atoms with E-state index < -0.39 is 11.7 Å². The van der Waals surface area contributed by atoms with E-state index >= 15 is 0 Å². The van der Waals surface area contributed by atoms with Crippen LogP contribution < -0.4 is 9.47 Å². The Morgan fingerprint density at radius 1 is 1.39 bits per heavy atom. The first-order valence-corrected chi connectivity index (χ1v) is 5.82. The van der Waals surface area contributed by atoms with Gasteiger partial charge in [-0.2, -0.15) is 0 Å². The molecule has 5 nitrogen and oxygen atoms in total. The summed E-state index contributed by atoms with van der Waals surface area (Å²) in [6.07, 6.45) is -0.412. The second-order valence-electron chi connectivity index (χ2n) is 4.74. The van der Waals surface area contributed by atoms with E-state index in [9.17, 15) is 5.11 Å². The fourth-order valence-corrected chi connectivity index (χ4v) is 2.19. The van der Waals surface area contributed by atoms with Gasteiger partial charge in [0.05, 0.1) is 25.9 Å². The molecule has 0 spiro atoms. The summed E-state index contributed by atoms with van der Waals surface area (Å²) < 4.78 is 16.4. The summed E-state index contributed by atoms with van der Waals surface area (Å²) in [6.45, 7) is 3.88. The molecule has 0 saturated heterocycles. The summed E-state index contributed by atoms with van der Waals surface area (Å²) in [4.78, 5) is 0. The lowest BCUT2D eigenvalue weighted by molar-refractivity contribution is -0.0610. The molecule has 1 aromatic rings. The first-order valence-electron chi connectivity index (χ1n) is 5.82. The van der Waals surface area contributed by atoms with E-state index in [1.165, 1.54) is 13.2 Å². The normalized spacial score (nSPS) is 20.3. The lowest BCUT2D eigenvalue weighted by Gasteiger charge is -2.26. The summed E-state index contributed by atoms with van der Waals surface area (Å²) in [6, 6.07) is 3.25. The molecular weight excluding hydrogens is 236 g/mol. The van der Waals surface area contributed by atoms with Crippen LogP contribution in [0.1, 0.15) is 25.5 Å². The predicted molar refractivity (Wildman–Crippen MR) is 65.1 cm³/mol. The molecule has 0 radical (unpaired) electrons. The van der Waals surface area contributed by atoms with E-state index in [1.54, 1.807) is 6.07 Å². The summed E-state index contributed by atoms with van der Waals surface area (Å²) in [5.41, 5.74) is 0.00990. The van der Waals surface area contributed by atoms with Crippen molar-refractivity contribution in [3.63, 3.8) is 0 Å². The van der Waals surface area contributed by atoms with Crippen LogP contribution in [-0.4, -0.2) is 36.1 Å². The number of phenolic OH excluding ortho intramolecular Hbond substituents is 1. The first-order chi connectivity index (χ1) is 8.49. The van der Waals surface area contributed by atoms with E-state index in [2.05, 4.69) is 0 Å². The van der Waals surface area contributed by atoms with Gasteiger partial charge in [0.15, 0.2) is 0 Å². The van der Waals surface area contributed by atoms with Crippen LogP contribution >= 0.6 is 0 Å². The van der Waals surface area contributed by atoms with Gasteiger partial charge in [0, 0.05) is 12.1 Å². The Morgan fingerprint density at radius 2 is 2.11 bits per heavy atom. The lowest BCUT2D eigenvalue weighted by atomic mass is 9.96. The van der Waals surface area contributed by atoms with Gasteiger partial charge >= 0.3 is 0 Å². The molecule has 18 heavy (non-hydrogen) atoms. The molecule has 2 N–H and O–H groups in total. The Morgan fingerprint density at radius 3 is 2.72 bits per heavy atom. The van der Waals surface area contributed by atoms with Crippen LogP contribution in [0.15, 0.2) is 12.1 Å². The molecule has 0 aliphatic carbocycles. The maximum Gasteiger partial charge on any atom is 0.134 e. The van der Waals surface area contributed by atoms with Crippen LogP contribution in [0, 0.1) is 0 Å². The SMILES string of the molecule is COc1cc(O)c2c(c1)OC(C)(C)C2OCCO. The smallest absolute Gasteiger partial charge is 0.134 e. The van der Waals surface area contributed by atoms with Gasteiger partial charge in [0.1, 0.15) is 29.0 Å². The Kier molecular flexibility index (Phi) is 3.36. The molecule has 1 unspecified atom stereocenters. The molecule has 1 aliphatic heterocycles. The van der Waals surface area contributed by atoms with Gasteiger partial charge in [-0.3, -0.25) is 0 Å². The zero-order valence-corrected chi connectivity index (χ0v) is 10.8. The van der Waals surface area contributed by atoms with E-state index in [1.807, 2.05) is 13.8 Å². The zero-order valence-electron chi connectivity index (χ0n) is 10.8. The van der Waals surface area contributed by atoms with Crippen molar-refractivity contribution in [2.75, 3.05) is 20.3 Å².